The Labute approximate surface area is 269 Å². The van der Waals surface area contributed by atoms with Crippen molar-refractivity contribution < 1.29 is 36.3 Å². The lowest BCUT2D eigenvalue weighted by Crippen LogP contribution is -2.01. The van der Waals surface area contributed by atoms with Crippen molar-refractivity contribution in [3.63, 3.8) is 0 Å². The first kappa shape index (κ1) is 9.79. The second-order valence-corrected chi connectivity index (χ2v) is 8.32. The molecule has 0 radical (unpaired) electrons. The molecule has 7 aromatic rings. The first-order valence-electron chi connectivity index (χ1n) is 23.2. The minimum Gasteiger partial charge on any atom is -0.456 e. The summed E-state index contributed by atoms with van der Waals surface area (Å²) in [4.78, 5) is 12.8. The molecule has 4 heteroatoms. The molecule has 41 heavy (non-hydrogen) atoms. The van der Waals surface area contributed by atoms with E-state index in [1.165, 1.54) is 0 Å². The fourth-order valence-electron chi connectivity index (χ4n) is 4.06. The molecular formula is C37H23N3O. The molecule has 1 aromatic heterocycles. The summed E-state index contributed by atoms with van der Waals surface area (Å²) in [5, 5.41) is -0.679. The van der Waals surface area contributed by atoms with Gasteiger partial charge in [-0.15, -0.1) is 0 Å². The van der Waals surface area contributed by atoms with E-state index in [1.807, 2.05) is 0 Å². The lowest BCUT2D eigenvalue weighted by Gasteiger charge is -2.21. The van der Waals surface area contributed by atoms with Crippen molar-refractivity contribution in [2.24, 2.45) is 0 Å². The van der Waals surface area contributed by atoms with E-state index in [0.29, 0.717) is 0 Å². The van der Waals surface area contributed by atoms with Crippen LogP contribution in [0.5, 0.6) is 11.5 Å². The summed E-state index contributed by atoms with van der Waals surface area (Å²) in [6.07, 6.45) is 0. The minimum atomic E-state index is -0.966. The van der Waals surface area contributed by atoms with Crippen molar-refractivity contribution in [3.8, 4) is 67.9 Å². The van der Waals surface area contributed by atoms with Crippen molar-refractivity contribution in [2.75, 3.05) is 0 Å². The van der Waals surface area contributed by atoms with Gasteiger partial charge in [0.1, 0.15) is 11.5 Å². The quantitative estimate of drug-likeness (QED) is 0.220. The maximum absolute atomic E-state index is 9.49. The number of fused-ring (bicyclic) bond motifs is 2. The molecule has 0 amide bonds. The minimum absolute atomic E-state index is 0.292. The van der Waals surface area contributed by atoms with Crippen LogP contribution in [0, 0.1) is 0 Å². The molecule has 192 valence electrons. The second-order valence-electron chi connectivity index (χ2n) is 8.32. The Bertz CT molecular complexity index is 3260. The van der Waals surface area contributed by atoms with E-state index in [2.05, 4.69) is 15.0 Å². The van der Waals surface area contributed by atoms with Crippen molar-refractivity contribution in [1.29, 1.82) is 0 Å². The first-order chi connectivity index (χ1) is 29.9. The number of aromatic nitrogens is 3. The highest BCUT2D eigenvalue weighted by atomic mass is 16.5. The number of rotatable bonds is 4. The van der Waals surface area contributed by atoms with Crippen LogP contribution < -0.4 is 4.74 Å². The highest BCUT2D eigenvalue weighted by molar-refractivity contribution is 6.04. The Morgan fingerprint density at radius 3 is 1.66 bits per heavy atom. The van der Waals surface area contributed by atoms with Crippen LogP contribution in [0.25, 0.3) is 67.2 Å². The van der Waals surface area contributed by atoms with Crippen LogP contribution >= 0.6 is 0 Å². The fourth-order valence-corrected chi connectivity index (χ4v) is 4.06. The smallest absolute Gasteiger partial charge is 0.164 e. The van der Waals surface area contributed by atoms with Gasteiger partial charge >= 0.3 is 0 Å². The van der Waals surface area contributed by atoms with E-state index in [4.69, 9.17) is 34.9 Å². The predicted molar refractivity (Wildman–Crippen MR) is 165 cm³/mol. The second kappa shape index (κ2) is 9.54. The average molecular weight is 549 g/mol. The molecule has 8 rings (SSSR count). The van der Waals surface area contributed by atoms with Crippen LogP contribution in [-0.4, -0.2) is 15.0 Å². The molecule has 4 nitrogen and oxygen atoms in total. The zero-order chi connectivity index (χ0) is 47.2. The summed E-state index contributed by atoms with van der Waals surface area (Å²) in [7, 11) is 0. The third kappa shape index (κ3) is 4.14. The molecule has 6 aromatic carbocycles. The normalized spacial score (nSPS) is 19.5. The Kier molecular flexibility index (Phi) is 2.28. The van der Waals surface area contributed by atoms with E-state index in [0.717, 1.165) is 0 Å². The van der Waals surface area contributed by atoms with E-state index in [9.17, 15) is 1.37 Å². The van der Waals surface area contributed by atoms with Crippen LogP contribution in [0.4, 0.5) is 0 Å². The molecule has 0 fully saturated rings. The van der Waals surface area contributed by atoms with Gasteiger partial charge in [-0.25, -0.2) is 15.0 Å². The van der Waals surface area contributed by atoms with Crippen molar-refractivity contribution in [3.05, 3.63) is 139 Å². The van der Waals surface area contributed by atoms with Gasteiger partial charge in [0.15, 0.2) is 17.5 Å². The Morgan fingerprint density at radius 1 is 0.415 bits per heavy atom. The summed E-state index contributed by atoms with van der Waals surface area (Å²) in [6.45, 7) is 0. The first-order valence-corrected chi connectivity index (χ1v) is 11.7. The molecule has 0 N–H and O–H groups in total. The van der Waals surface area contributed by atoms with Gasteiger partial charge in [0.25, 0.3) is 0 Å². The monoisotopic (exact) mass is 548 g/mol. The summed E-state index contributed by atoms with van der Waals surface area (Å²) >= 11 is 0. The lowest BCUT2D eigenvalue weighted by atomic mass is 9.93. The molecule has 0 bridgehead atoms. The molecule has 0 spiro atoms. The van der Waals surface area contributed by atoms with Gasteiger partial charge in [0, 0.05) is 27.6 Å². The van der Waals surface area contributed by atoms with Crippen molar-refractivity contribution in [2.45, 2.75) is 0 Å². The zero-order valence-corrected chi connectivity index (χ0v) is 20.2. The molecule has 0 saturated heterocycles. The fraction of sp³-hybridized carbons (Fsp3) is 0. The Morgan fingerprint density at radius 2 is 0.951 bits per heavy atom. The van der Waals surface area contributed by atoms with E-state index < -0.39 is 207 Å². The van der Waals surface area contributed by atoms with Crippen LogP contribution in [-0.2, 0) is 0 Å². The van der Waals surface area contributed by atoms with Gasteiger partial charge in [0.2, 0.25) is 0 Å². The molecule has 0 unspecified atom stereocenters. The van der Waals surface area contributed by atoms with Gasteiger partial charge in [-0.05, 0) is 46.2 Å². The predicted octanol–water partition coefficient (Wildman–Crippen LogP) is 9.47. The topological polar surface area (TPSA) is 47.9 Å². The Balaban J connectivity index is 1.51. The summed E-state index contributed by atoms with van der Waals surface area (Å²) in [5.74, 6) is -3.50. The zero-order valence-electron chi connectivity index (χ0n) is 43.2. The maximum atomic E-state index is 9.49. The van der Waals surface area contributed by atoms with Crippen molar-refractivity contribution >= 4 is 10.8 Å². The average Bonchev–Trinajstić information content (AvgIpc) is 3.26. The Hall–Kier alpha value is -5.61. The van der Waals surface area contributed by atoms with E-state index in [1.54, 1.807) is 0 Å². The van der Waals surface area contributed by atoms with Gasteiger partial charge < -0.3 is 4.74 Å². The van der Waals surface area contributed by atoms with E-state index >= 15 is 0 Å². The van der Waals surface area contributed by atoms with Crippen LogP contribution in [0.3, 0.4) is 0 Å². The summed E-state index contributed by atoms with van der Waals surface area (Å²) < 4.78 is 204. The highest BCUT2D eigenvalue weighted by Gasteiger charge is 2.21. The molecule has 0 saturated carbocycles. The summed E-state index contributed by atoms with van der Waals surface area (Å²) in [6, 6.07) is -19.1. The SMILES string of the molecule is [2H]c1c([2H])c([2H])c(-c2nc(-c3c([2H])c([2H])c(-c4c([2H])c([2H])c([2H])c([2H])c4[2H])c([2H])c3[2H])nc(-c3c([2H])c([2H])c4c(c3[2H])-c3c([2H])c([2H])c([2H])c5c([2H])c([2H])c([2H])c(c35)O4)n2)c([2H])c1[2H]. The summed E-state index contributed by atoms with van der Waals surface area (Å²) in [5.41, 5.74) is -4.42. The van der Waals surface area contributed by atoms with Crippen LogP contribution in [0.2, 0.25) is 0 Å². The van der Waals surface area contributed by atoms with Gasteiger partial charge in [-0.2, -0.15) is 0 Å². The third-order valence-corrected chi connectivity index (χ3v) is 5.88. The largest absolute Gasteiger partial charge is 0.456 e. The highest BCUT2D eigenvalue weighted by Crippen LogP contribution is 2.47. The number of benzene rings is 6. The van der Waals surface area contributed by atoms with Crippen LogP contribution in [0.15, 0.2) is 139 Å². The molecule has 1 aliphatic heterocycles. The standard InChI is InChI=1S/C37H23N3O/c1-3-9-24(10-4-1)25-17-19-28(20-18-25)36-38-35(27-11-5-2-6-12-27)39-37(40-36)29-21-22-32-31(23-29)30-15-7-13-26-14-8-16-33(41-32)34(26)30/h1-23H/i1D,2D,3D,4D,5D,6D,7D,8D,9D,10D,11D,12D,13D,14D,15D,16D,17D,18D,19D,20D,21D,22D,23D. The van der Waals surface area contributed by atoms with Crippen LogP contribution in [0.1, 0.15) is 31.5 Å². The van der Waals surface area contributed by atoms with Gasteiger partial charge in [-0.1, -0.05) is 115 Å². The van der Waals surface area contributed by atoms with Crippen molar-refractivity contribution in [1.82, 2.24) is 15.0 Å². The molecular weight excluding hydrogens is 502 g/mol. The number of hydrogen-bond donors (Lipinski definition) is 0. The third-order valence-electron chi connectivity index (χ3n) is 5.88. The van der Waals surface area contributed by atoms with E-state index in [-0.39, 0.29) is 10.8 Å². The molecule has 2 heterocycles. The van der Waals surface area contributed by atoms with Gasteiger partial charge in [0.05, 0.1) is 31.5 Å². The molecule has 0 aliphatic carbocycles. The lowest BCUT2D eigenvalue weighted by molar-refractivity contribution is 0.487. The number of hydrogen-bond acceptors (Lipinski definition) is 4. The maximum Gasteiger partial charge on any atom is 0.164 e. The number of nitrogens with zero attached hydrogens (tertiary/aromatic N) is 3. The molecule has 0 atom stereocenters. The number of ether oxygens (including phenoxy) is 1. The molecule has 1 aliphatic rings. The van der Waals surface area contributed by atoms with Gasteiger partial charge in [-0.3, -0.25) is 0 Å².